The number of hydrogen-bond acceptors (Lipinski definition) is 3. The third-order valence-electron chi connectivity index (χ3n) is 3.15. The Morgan fingerprint density at radius 3 is 2.70 bits per heavy atom. The van der Waals surface area contributed by atoms with E-state index in [-0.39, 0.29) is 22.2 Å². The summed E-state index contributed by atoms with van der Waals surface area (Å²) in [5, 5.41) is 17.4. The van der Waals surface area contributed by atoms with Crippen LogP contribution in [0.25, 0.3) is 16.8 Å². The van der Waals surface area contributed by atoms with Crippen molar-refractivity contribution in [3.63, 3.8) is 0 Å². The van der Waals surface area contributed by atoms with Gasteiger partial charge in [-0.2, -0.15) is 0 Å². The second-order valence-corrected chi connectivity index (χ2v) is 5.38. The monoisotopic (exact) mass is 350 g/mol. The largest absolute Gasteiger partial charge is 0.504 e. The molecule has 0 fully saturated rings. The van der Waals surface area contributed by atoms with Gasteiger partial charge in [0.05, 0.1) is 5.69 Å². The van der Waals surface area contributed by atoms with Gasteiger partial charge >= 0.3 is 0 Å². The fraction of sp³-hybridized carbons (Fsp3) is 0.0588. The molecule has 0 saturated heterocycles. The van der Waals surface area contributed by atoms with Crippen molar-refractivity contribution in [3.05, 3.63) is 64.0 Å². The summed E-state index contributed by atoms with van der Waals surface area (Å²) in [6, 6.07) is 5.65. The number of nitrogens with one attached hydrogen (secondary N) is 1. The summed E-state index contributed by atoms with van der Waals surface area (Å²) in [5.41, 5.74) is 1.46. The van der Waals surface area contributed by atoms with E-state index in [9.17, 15) is 9.50 Å². The Hall–Kier alpha value is -2.17. The van der Waals surface area contributed by atoms with Crippen LogP contribution in [0.15, 0.2) is 42.5 Å². The highest BCUT2D eigenvalue weighted by Gasteiger charge is 2.15. The molecule has 0 atom stereocenters. The molecule has 1 aromatic carbocycles. The number of aromatic nitrogens is 1. The van der Waals surface area contributed by atoms with Gasteiger partial charge in [-0.3, -0.25) is 0 Å². The zero-order valence-corrected chi connectivity index (χ0v) is 13.7. The van der Waals surface area contributed by atoms with Crippen LogP contribution in [0.2, 0.25) is 10.2 Å². The molecule has 118 valence electrons. The van der Waals surface area contributed by atoms with Crippen LogP contribution in [0.5, 0.6) is 5.75 Å². The van der Waals surface area contributed by atoms with E-state index in [1.165, 1.54) is 30.3 Å². The van der Waals surface area contributed by atoms with Crippen LogP contribution in [-0.4, -0.2) is 16.3 Å². The second-order valence-electron chi connectivity index (χ2n) is 4.59. The highest BCUT2D eigenvalue weighted by molar-refractivity contribution is 6.31. The Morgan fingerprint density at radius 1 is 1.30 bits per heavy atom. The molecule has 0 radical (unpaired) electrons. The van der Waals surface area contributed by atoms with Crippen molar-refractivity contribution in [3.8, 4) is 17.0 Å². The summed E-state index contributed by atoms with van der Waals surface area (Å²) in [6.07, 6.45) is 5.99. The van der Waals surface area contributed by atoms with E-state index in [1.54, 1.807) is 19.1 Å². The standard InChI is InChI=1S/C17H13Cl2FN2O/c1-2-10(4-3-7-21)12-9-15(22-17(19)16(12)23)13-8-11(18)5-6-14(13)20/h2-9,21,23H,1H3/b4-3-,10-2+,21-7?. The molecule has 0 aliphatic carbocycles. The summed E-state index contributed by atoms with van der Waals surface area (Å²) in [4.78, 5) is 4.02. The highest BCUT2D eigenvalue weighted by atomic mass is 35.5. The number of rotatable bonds is 4. The highest BCUT2D eigenvalue weighted by Crippen LogP contribution is 2.36. The van der Waals surface area contributed by atoms with Crippen LogP contribution >= 0.6 is 23.2 Å². The van der Waals surface area contributed by atoms with Crippen LogP contribution in [0, 0.1) is 11.2 Å². The van der Waals surface area contributed by atoms with Gasteiger partial charge in [0.25, 0.3) is 0 Å². The Kier molecular flexibility index (Phi) is 5.53. The normalized spacial score (nSPS) is 11.9. The minimum atomic E-state index is -0.494. The molecule has 23 heavy (non-hydrogen) atoms. The predicted octanol–water partition coefficient (Wildman–Crippen LogP) is 5.51. The van der Waals surface area contributed by atoms with Crippen molar-refractivity contribution in [1.29, 1.82) is 5.41 Å². The summed E-state index contributed by atoms with van der Waals surface area (Å²) in [5.74, 6) is -0.702. The SMILES string of the molecule is C/C=C(\C=C/C=N)c1cc(-c2cc(Cl)ccc2F)nc(Cl)c1O. The first-order valence-corrected chi connectivity index (χ1v) is 7.42. The van der Waals surface area contributed by atoms with Crippen molar-refractivity contribution in [2.45, 2.75) is 6.92 Å². The minimum Gasteiger partial charge on any atom is -0.504 e. The second kappa shape index (κ2) is 7.40. The lowest BCUT2D eigenvalue weighted by atomic mass is 10.0. The third-order valence-corrected chi connectivity index (χ3v) is 3.65. The van der Waals surface area contributed by atoms with Gasteiger partial charge < -0.3 is 10.5 Å². The Labute approximate surface area is 143 Å². The van der Waals surface area contributed by atoms with Gasteiger partial charge in [-0.05, 0) is 42.8 Å². The van der Waals surface area contributed by atoms with Crippen LogP contribution < -0.4 is 0 Å². The van der Waals surface area contributed by atoms with E-state index in [1.807, 2.05) is 0 Å². The van der Waals surface area contributed by atoms with E-state index in [4.69, 9.17) is 28.6 Å². The number of aromatic hydroxyl groups is 1. The number of halogens is 3. The molecule has 2 N–H and O–H groups in total. The lowest BCUT2D eigenvalue weighted by Gasteiger charge is -2.11. The van der Waals surface area contributed by atoms with E-state index < -0.39 is 5.82 Å². The average Bonchev–Trinajstić information content (AvgIpc) is 2.54. The molecule has 0 aliphatic rings. The molecule has 0 spiro atoms. The van der Waals surface area contributed by atoms with Gasteiger partial charge in [0.15, 0.2) is 10.9 Å². The number of benzene rings is 1. The zero-order valence-electron chi connectivity index (χ0n) is 12.1. The summed E-state index contributed by atoms with van der Waals surface area (Å²) in [6.45, 7) is 1.77. The van der Waals surface area contributed by atoms with Crippen LogP contribution in [0.4, 0.5) is 4.39 Å². The predicted molar refractivity (Wildman–Crippen MR) is 92.9 cm³/mol. The Bertz CT molecular complexity index is 816. The molecular formula is C17H13Cl2FN2O. The van der Waals surface area contributed by atoms with Crippen molar-refractivity contribution >= 4 is 35.0 Å². The molecular weight excluding hydrogens is 338 g/mol. The number of hydrogen-bond donors (Lipinski definition) is 2. The van der Waals surface area contributed by atoms with Crippen LogP contribution in [-0.2, 0) is 0 Å². The Morgan fingerprint density at radius 2 is 2.04 bits per heavy atom. The number of nitrogens with zero attached hydrogens (tertiary/aromatic N) is 1. The summed E-state index contributed by atoms with van der Waals surface area (Å²) < 4.78 is 14.0. The molecule has 0 unspecified atom stereocenters. The fourth-order valence-electron chi connectivity index (χ4n) is 2.05. The first-order chi connectivity index (χ1) is 11.0. The van der Waals surface area contributed by atoms with Gasteiger partial charge in [0, 0.05) is 22.4 Å². The summed E-state index contributed by atoms with van der Waals surface area (Å²) in [7, 11) is 0. The van der Waals surface area contributed by atoms with Gasteiger partial charge in [0.1, 0.15) is 5.82 Å². The third kappa shape index (κ3) is 3.78. The lowest BCUT2D eigenvalue weighted by molar-refractivity contribution is 0.471. The van der Waals surface area contributed by atoms with Gasteiger partial charge in [-0.1, -0.05) is 35.4 Å². The van der Waals surface area contributed by atoms with Gasteiger partial charge in [-0.15, -0.1) is 0 Å². The minimum absolute atomic E-state index is 0.139. The molecule has 0 aliphatic heterocycles. The van der Waals surface area contributed by atoms with Crippen molar-refractivity contribution in [2.24, 2.45) is 0 Å². The molecule has 0 bridgehead atoms. The molecule has 1 aromatic heterocycles. The van der Waals surface area contributed by atoms with E-state index in [0.717, 1.165) is 6.21 Å². The fourth-order valence-corrected chi connectivity index (χ4v) is 2.42. The van der Waals surface area contributed by atoms with Gasteiger partial charge in [-0.25, -0.2) is 9.37 Å². The van der Waals surface area contributed by atoms with E-state index in [2.05, 4.69) is 4.98 Å². The maximum Gasteiger partial charge on any atom is 0.172 e. The Balaban J connectivity index is 2.67. The van der Waals surface area contributed by atoms with Crippen LogP contribution in [0.3, 0.4) is 0 Å². The zero-order chi connectivity index (χ0) is 17.0. The molecule has 0 amide bonds. The molecule has 2 aromatic rings. The molecule has 6 heteroatoms. The molecule has 2 rings (SSSR count). The summed E-state index contributed by atoms with van der Waals surface area (Å²) >= 11 is 11.9. The topological polar surface area (TPSA) is 57.0 Å². The number of allylic oxidation sites excluding steroid dienone is 4. The lowest BCUT2D eigenvalue weighted by Crippen LogP contribution is -1.93. The van der Waals surface area contributed by atoms with E-state index in [0.29, 0.717) is 16.2 Å². The van der Waals surface area contributed by atoms with Gasteiger partial charge in [0.2, 0.25) is 0 Å². The average molecular weight is 351 g/mol. The number of pyridine rings is 1. The van der Waals surface area contributed by atoms with Crippen molar-refractivity contribution in [1.82, 2.24) is 4.98 Å². The molecule has 1 heterocycles. The maximum atomic E-state index is 14.0. The van der Waals surface area contributed by atoms with Crippen molar-refractivity contribution < 1.29 is 9.50 Å². The maximum absolute atomic E-state index is 14.0. The first kappa shape index (κ1) is 17.2. The quantitative estimate of drug-likeness (QED) is 0.434. The van der Waals surface area contributed by atoms with E-state index >= 15 is 0 Å². The first-order valence-electron chi connectivity index (χ1n) is 6.66. The molecule has 0 saturated carbocycles. The van der Waals surface area contributed by atoms with Crippen LogP contribution in [0.1, 0.15) is 12.5 Å². The molecule has 3 nitrogen and oxygen atoms in total. The smallest absolute Gasteiger partial charge is 0.172 e. The van der Waals surface area contributed by atoms with Crippen molar-refractivity contribution in [2.75, 3.05) is 0 Å².